The molecule has 17 heavy (non-hydrogen) atoms. The summed E-state index contributed by atoms with van der Waals surface area (Å²) in [5.74, 6) is 0.0366. The molecule has 0 bridgehead atoms. The Morgan fingerprint density at radius 3 is 2.18 bits per heavy atom. The first-order valence-electron chi connectivity index (χ1n) is 5.99. The Hall–Kier alpha value is -0.170. The molecule has 0 amide bonds. The van der Waals surface area contributed by atoms with E-state index >= 15 is 0 Å². The molecule has 0 aromatic carbocycles. The quantitative estimate of drug-likeness (QED) is 0.721. The van der Waals surface area contributed by atoms with Crippen LogP contribution >= 0.6 is 0 Å². The second kappa shape index (κ2) is 6.13. The molecule has 0 aromatic heterocycles. The molecule has 0 radical (unpaired) electrons. The van der Waals surface area contributed by atoms with Crippen molar-refractivity contribution in [1.82, 2.24) is 9.03 Å². The number of nitrogens with one attached hydrogen (secondary N) is 1. The summed E-state index contributed by atoms with van der Waals surface area (Å²) in [6, 6.07) is -0.110. The fourth-order valence-electron chi connectivity index (χ4n) is 1.23. The van der Waals surface area contributed by atoms with Crippen molar-refractivity contribution < 1.29 is 13.5 Å². The summed E-state index contributed by atoms with van der Waals surface area (Å²) in [4.78, 5) is 0. The minimum Gasteiger partial charge on any atom is -0.389 e. The van der Waals surface area contributed by atoms with Gasteiger partial charge in [0.1, 0.15) is 0 Å². The molecule has 6 heteroatoms. The molecule has 0 aliphatic rings. The first kappa shape index (κ1) is 16.8. The monoisotopic (exact) mass is 266 g/mol. The summed E-state index contributed by atoms with van der Waals surface area (Å²) in [5.41, 5.74) is -1.03. The smallest absolute Gasteiger partial charge is 0.279 e. The van der Waals surface area contributed by atoms with E-state index in [1.54, 1.807) is 20.8 Å². The molecule has 0 rings (SSSR count). The van der Waals surface area contributed by atoms with E-state index in [1.165, 1.54) is 11.4 Å². The maximum atomic E-state index is 11.8. The van der Waals surface area contributed by atoms with Crippen molar-refractivity contribution in [3.05, 3.63) is 0 Å². The summed E-state index contributed by atoms with van der Waals surface area (Å²) in [5, 5.41) is 10.1. The molecule has 0 spiro atoms. The maximum absolute atomic E-state index is 11.8. The second-order valence-electron chi connectivity index (χ2n) is 5.10. The fourth-order valence-corrected chi connectivity index (χ4v) is 2.46. The Morgan fingerprint density at radius 2 is 1.82 bits per heavy atom. The van der Waals surface area contributed by atoms with Crippen LogP contribution in [0.5, 0.6) is 0 Å². The molecule has 5 nitrogen and oxygen atoms in total. The van der Waals surface area contributed by atoms with Gasteiger partial charge < -0.3 is 5.11 Å². The predicted molar refractivity (Wildman–Crippen MR) is 69.9 cm³/mol. The zero-order valence-corrected chi connectivity index (χ0v) is 12.5. The van der Waals surface area contributed by atoms with E-state index in [2.05, 4.69) is 4.72 Å². The SMILES string of the molecule is CCC(C)C(C)(O)CNS(=O)(=O)N(C)C(C)C. The Bertz CT molecular complexity index is 326. The first-order valence-corrected chi connectivity index (χ1v) is 7.43. The highest BCUT2D eigenvalue weighted by molar-refractivity contribution is 7.87. The third-order valence-electron chi connectivity index (χ3n) is 3.39. The molecule has 0 heterocycles. The van der Waals surface area contributed by atoms with Crippen LogP contribution in [0.2, 0.25) is 0 Å². The zero-order chi connectivity index (χ0) is 13.9. The molecule has 0 aliphatic carbocycles. The maximum Gasteiger partial charge on any atom is 0.279 e. The summed E-state index contributed by atoms with van der Waals surface area (Å²) in [6.45, 7) is 9.15. The van der Waals surface area contributed by atoms with Gasteiger partial charge in [-0.1, -0.05) is 20.3 Å². The van der Waals surface area contributed by atoms with Crippen molar-refractivity contribution in [3.63, 3.8) is 0 Å². The molecule has 0 aliphatic heterocycles. The molecular formula is C11H26N2O3S. The minimum absolute atomic E-state index is 0.0292. The van der Waals surface area contributed by atoms with E-state index < -0.39 is 15.8 Å². The van der Waals surface area contributed by atoms with Gasteiger partial charge in [0.25, 0.3) is 10.2 Å². The molecule has 0 saturated heterocycles. The van der Waals surface area contributed by atoms with E-state index in [0.717, 1.165) is 6.42 Å². The van der Waals surface area contributed by atoms with Crippen molar-refractivity contribution in [2.75, 3.05) is 13.6 Å². The highest BCUT2D eigenvalue weighted by Gasteiger charge is 2.30. The van der Waals surface area contributed by atoms with Crippen molar-refractivity contribution in [2.24, 2.45) is 5.92 Å². The van der Waals surface area contributed by atoms with Gasteiger partial charge in [-0.05, 0) is 26.7 Å². The highest BCUT2D eigenvalue weighted by atomic mass is 32.2. The Labute approximate surface area is 105 Å². The average Bonchev–Trinajstić information content (AvgIpc) is 2.24. The molecule has 2 N–H and O–H groups in total. The van der Waals surface area contributed by atoms with Gasteiger partial charge in [0.15, 0.2) is 0 Å². The van der Waals surface area contributed by atoms with E-state index in [-0.39, 0.29) is 18.5 Å². The molecule has 0 fully saturated rings. The Morgan fingerprint density at radius 1 is 1.35 bits per heavy atom. The summed E-state index contributed by atoms with van der Waals surface area (Å²) >= 11 is 0. The first-order chi connectivity index (χ1) is 7.54. The summed E-state index contributed by atoms with van der Waals surface area (Å²) in [7, 11) is -1.99. The molecule has 2 atom stereocenters. The Kier molecular flexibility index (Phi) is 6.07. The van der Waals surface area contributed by atoms with Crippen LogP contribution in [0.15, 0.2) is 0 Å². The molecule has 2 unspecified atom stereocenters. The van der Waals surface area contributed by atoms with Gasteiger partial charge in [-0.2, -0.15) is 17.4 Å². The number of hydrogen-bond donors (Lipinski definition) is 2. The van der Waals surface area contributed by atoms with Gasteiger partial charge in [0.2, 0.25) is 0 Å². The van der Waals surface area contributed by atoms with Crippen LogP contribution in [0.25, 0.3) is 0 Å². The minimum atomic E-state index is -3.51. The lowest BCUT2D eigenvalue weighted by atomic mass is 9.89. The van der Waals surface area contributed by atoms with Gasteiger partial charge in [0, 0.05) is 19.6 Å². The van der Waals surface area contributed by atoms with Crippen LogP contribution in [-0.4, -0.2) is 43.1 Å². The van der Waals surface area contributed by atoms with Crippen molar-refractivity contribution in [2.45, 2.75) is 52.7 Å². The third kappa shape index (κ3) is 4.91. The van der Waals surface area contributed by atoms with E-state index in [9.17, 15) is 13.5 Å². The molecule has 0 aromatic rings. The number of aliphatic hydroxyl groups is 1. The predicted octanol–water partition coefficient (Wildman–Crippen LogP) is 0.958. The zero-order valence-electron chi connectivity index (χ0n) is 11.7. The fraction of sp³-hybridized carbons (Fsp3) is 1.00. The largest absolute Gasteiger partial charge is 0.389 e. The standard InChI is InChI=1S/C11H26N2O3S/c1-7-10(4)11(5,14)8-12-17(15,16)13(6)9(2)3/h9-10,12,14H,7-8H2,1-6H3. The average molecular weight is 266 g/mol. The molecule has 104 valence electrons. The van der Waals surface area contributed by atoms with E-state index in [4.69, 9.17) is 0 Å². The molecule has 0 saturated carbocycles. The van der Waals surface area contributed by atoms with Crippen molar-refractivity contribution in [1.29, 1.82) is 0 Å². The van der Waals surface area contributed by atoms with Crippen LogP contribution in [0.3, 0.4) is 0 Å². The number of nitrogens with zero attached hydrogens (tertiary/aromatic N) is 1. The Balaban J connectivity index is 4.57. The molecular weight excluding hydrogens is 240 g/mol. The highest BCUT2D eigenvalue weighted by Crippen LogP contribution is 2.19. The number of rotatable bonds is 7. The lowest BCUT2D eigenvalue weighted by molar-refractivity contribution is 0.00987. The van der Waals surface area contributed by atoms with Crippen LogP contribution < -0.4 is 4.72 Å². The van der Waals surface area contributed by atoms with Gasteiger partial charge >= 0.3 is 0 Å². The van der Waals surface area contributed by atoms with Crippen LogP contribution in [-0.2, 0) is 10.2 Å². The second-order valence-corrected chi connectivity index (χ2v) is 6.92. The van der Waals surface area contributed by atoms with Gasteiger partial charge in [-0.15, -0.1) is 0 Å². The van der Waals surface area contributed by atoms with Crippen LogP contribution in [0, 0.1) is 5.92 Å². The topological polar surface area (TPSA) is 69.6 Å². The van der Waals surface area contributed by atoms with Crippen molar-refractivity contribution >= 4 is 10.2 Å². The van der Waals surface area contributed by atoms with Crippen molar-refractivity contribution in [3.8, 4) is 0 Å². The van der Waals surface area contributed by atoms with Gasteiger partial charge in [-0.25, -0.2) is 0 Å². The summed E-state index contributed by atoms with van der Waals surface area (Å²) in [6.07, 6.45) is 0.800. The van der Waals surface area contributed by atoms with E-state index in [0.29, 0.717) is 0 Å². The normalized spacial score (nSPS) is 18.4. The van der Waals surface area contributed by atoms with E-state index in [1.807, 2.05) is 13.8 Å². The van der Waals surface area contributed by atoms with Gasteiger partial charge in [0.05, 0.1) is 5.60 Å². The summed E-state index contributed by atoms with van der Waals surface area (Å²) < 4.78 is 27.4. The third-order valence-corrected chi connectivity index (χ3v) is 5.08. The van der Waals surface area contributed by atoms with Crippen LogP contribution in [0.4, 0.5) is 0 Å². The van der Waals surface area contributed by atoms with Crippen LogP contribution in [0.1, 0.15) is 41.0 Å². The lowest BCUT2D eigenvalue weighted by Gasteiger charge is -2.31. The lowest BCUT2D eigenvalue weighted by Crippen LogP contribution is -2.49. The van der Waals surface area contributed by atoms with Gasteiger partial charge in [-0.3, -0.25) is 0 Å². The number of hydrogen-bond acceptors (Lipinski definition) is 3.